The van der Waals surface area contributed by atoms with E-state index >= 15 is 0 Å². The van der Waals surface area contributed by atoms with Gasteiger partial charge in [0.05, 0.1) is 7.11 Å². The molecule has 1 aromatic carbocycles. The van der Waals surface area contributed by atoms with Crippen molar-refractivity contribution in [3.8, 4) is 5.75 Å². The van der Waals surface area contributed by atoms with Gasteiger partial charge in [0.25, 0.3) is 5.91 Å². The first-order chi connectivity index (χ1) is 7.10. The molecule has 1 rings (SSSR count). The van der Waals surface area contributed by atoms with Crippen LogP contribution in [0.15, 0.2) is 18.2 Å². The normalized spacial score (nSPS) is 9.87. The van der Waals surface area contributed by atoms with E-state index in [1.165, 1.54) is 0 Å². The predicted molar refractivity (Wildman–Crippen MR) is 60.4 cm³/mol. The minimum absolute atomic E-state index is 0.0534. The Morgan fingerprint density at radius 1 is 1.47 bits per heavy atom. The minimum atomic E-state index is 0.0534. The van der Waals surface area contributed by atoms with Crippen molar-refractivity contribution < 1.29 is 9.53 Å². The molecule has 15 heavy (non-hydrogen) atoms. The van der Waals surface area contributed by atoms with Crippen molar-refractivity contribution in [2.75, 3.05) is 20.7 Å². The molecule has 0 atom stereocenters. The van der Waals surface area contributed by atoms with Gasteiger partial charge in [-0.05, 0) is 37.6 Å². The van der Waals surface area contributed by atoms with Crippen molar-refractivity contribution in [1.82, 2.24) is 4.90 Å². The van der Waals surface area contributed by atoms with Crippen LogP contribution in [-0.4, -0.2) is 31.5 Å². The summed E-state index contributed by atoms with van der Waals surface area (Å²) in [6.07, 6.45) is 0. The van der Waals surface area contributed by atoms with Crippen LogP contribution in [0.3, 0.4) is 0 Å². The van der Waals surface area contributed by atoms with Gasteiger partial charge in [0.2, 0.25) is 0 Å². The summed E-state index contributed by atoms with van der Waals surface area (Å²) in [5.74, 6) is 0.834. The first kappa shape index (κ1) is 11.6. The van der Waals surface area contributed by atoms with Gasteiger partial charge in [0.1, 0.15) is 5.75 Å². The molecule has 0 aromatic heterocycles. The number of carbonyl (C=O) groups is 1. The third-order valence-electron chi connectivity index (χ3n) is 2.49. The number of carbonyl (C=O) groups excluding carboxylic acids is 1. The molecule has 3 nitrogen and oxygen atoms in total. The molecule has 0 radical (unpaired) electrons. The molecule has 1 amide bonds. The number of benzene rings is 1. The fraction of sp³-hybridized carbons (Fsp3) is 0.417. The predicted octanol–water partition coefficient (Wildman–Crippen LogP) is 2.10. The third-order valence-corrected chi connectivity index (χ3v) is 2.49. The number of hydrogen-bond acceptors (Lipinski definition) is 2. The van der Waals surface area contributed by atoms with Crippen LogP contribution >= 0.6 is 0 Å². The molecule has 0 bridgehead atoms. The monoisotopic (exact) mass is 207 g/mol. The maximum atomic E-state index is 11.9. The Kier molecular flexibility index (Phi) is 3.72. The Balaban J connectivity index is 3.00. The summed E-state index contributed by atoms with van der Waals surface area (Å²) in [4.78, 5) is 13.6. The number of ether oxygens (including phenoxy) is 1. The second-order valence-electron chi connectivity index (χ2n) is 3.50. The summed E-state index contributed by atoms with van der Waals surface area (Å²) in [6, 6.07) is 5.49. The van der Waals surface area contributed by atoms with E-state index in [1.807, 2.05) is 32.0 Å². The van der Waals surface area contributed by atoms with Gasteiger partial charge >= 0.3 is 0 Å². The summed E-state index contributed by atoms with van der Waals surface area (Å²) in [6.45, 7) is 4.58. The van der Waals surface area contributed by atoms with E-state index in [2.05, 4.69) is 0 Å². The lowest BCUT2D eigenvalue weighted by atomic mass is 10.1. The molecule has 1 aromatic rings. The zero-order valence-electron chi connectivity index (χ0n) is 9.70. The highest BCUT2D eigenvalue weighted by atomic mass is 16.5. The molecule has 0 unspecified atom stereocenters. The van der Waals surface area contributed by atoms with Crippen molar-refractivity contribution >= 4 is 5.91 Å². The number of methoxy groups -OCH3 is 1. The standard InChI is InChI=1S/C12H17NO2/c1-5-13(3)12(14)11-7-6-10(15-4)8-9(11)2/h6-8H,5H2,1-4H3. The maximum absolute atomic E-state index is 11.9. The lowest BCUT2D eigenvalue weighted by Gasteiger charge is -2.16. The molecule has 0 fully saturated rings. The summed E-state index contributed by atoms with van der Waals surface area (Å²) < 4.78 is 5.09. The quantitative estimate of drug-likeness (QED) is 0.759. The van der Waals surface area contributed by atoms with Crippen LogP contribution in [0.4, 0.5) is 0 Å². The van der Waals surface area contributed by atoms with E-state index in [4.69, 9.17) is 4.74 Å². The zero-order valence-corrected chi connectivity index (χ0v) is 9.70. The summed E-state index contributed by atoms with van der Waals surface area (Å²) >= 11 is 0. The van der Waals surface area contributed by atoms with E-state index in [0.29, 0.717) is 6.54 Å². The molecule has 0 spiro atoms. The SMILES string of the molecule is CCN(C)C(=O)c1ccc(OC)cc1C. The van der Waals surface area contributed by atoms with Gasteiger partial charge in [-0.3, -0.25) is 4.79 Å². The smallest absolute Gasteiger partial charge is 0.253 e. The molecule has 0 aliphatic heterocycles. The van der Waals surface area contributed by atoms with Crippen molar-refractivity contribution in [3.63, 3.8) is 0 Å². The Morgan fingerprint density at radius 3 is 2.60 bits per heavy atom. The molecule has 0 aliphatic carbocycles. The first-order valence-corrected chi connectivity index (χ1v) is 5.00. The van der Waals surface area contributed by atoms with E-state index < -0.39 is 0 Å². The summed E-state index contributed by atoms with van der Waals surface area (Å²) in [5, 5.41) is 0. The third kappa shape index (κ3) is 2.49. The average Bonchev–Trinajstić information content (AvgIpc) is 2.26. The number of rotatable bonds is 3. The Labute approximate surface area is 90.7 Å². The van der Waals surface area contributed by atoms with Gasteiger partial charge < -0.3 is 9.64 Å². The van der Waals surface area contributed by atoms with Gasteiger partial charge in [-0.15, -0.1) is 0 Å². The fourth-order valence-corrected chi connectivity index (χ4v) is 1.35. The topological polar surface area (TPSA) is 29.5 Å². The van der Waals surface area contributed by atoms with Gasteiger partial charge in [0.15, 0.2) is 0 Å². The summed E-state index contributed by atoms with van der Waals surface area (Å²) in [5.41, 5.74) is 1.68. The lowest BCUT2D eigenvalue weighted by Crippen LogP contribution is -2.26. The molecule has 0 saturated carbocycles. The molecule has 3 heteroatoms. The Hall–Kier alpha value is -1.51. The van der Waals surface area contributed by atoms with Crippen LogP contribution in [0.2, 0.25) is 0 Å². The van der Waals surface area contributed by atoms with Crippen LogP contribution in [0, 0.1) is 6.92 Å². The second kappa shape index (κ2) is 4.82. The fourth-order valence-electron chi connectivity index (χ4n) is 1.35. The molecule has 0 aliphatic rings. The maximum Gasteiger partial charge on any atom is 0.253 e. The van der Waals surface area contributed by atoms with Crippen molar-refractivity contribution in [2.45, 2.75) is 13.8 Å². The van der Waals surface area contributed by atoms with Crippen molar-refractivity contribution in [3.05, 3.63) is 29.3 Å². The highest BCUT2D eigenvalue weighted by Crippen LogP contribution is 2.17. The van der Waals surface area contributed by atoms with Gasteiger partial charge in [-0.1, -0.05) is 0 Å². The zero-order chi connectivity index (χ0) is 11.4. The largest absolute Gasteiger partial charge is 0.497 e. The van der Waals surface area contributed by atoms with E-state index in [9.17, 15) is 4.79 Å². The second-order valence-corrected chi connectivity index (χ2v) is 3.50. The minimum Gasteiger partial charge on any atom is -0.497 e. The Morgan fingerprint density at radius 2 is 2.13 bits per heavy atom. The van der Waals surface area contributed by atoms with Gasteiger partial charge in [0, 0.05) is 19.2 Å². The molecule has 82 valence electrons. The van der Waals surface area contributed by atoms with Gasteiger partial charge in [-0.2, -0.15) is 0 Å². The number of aryl methyl sites for hydroxylation is 1. The number of nitrogens with zero attached hydrogens (tertiary/aromatic N) is 1. The number of amides is 1. The molecule has 0 N–H and O–H groups in total. The molecular formula is C12H17NO2. The lowest BCUT2D eigenvalue weighted by molar-refractivity contribution is 0.0801. The van der Waals surface area contributed by atoms with Crippen LogP contribution < -0.4 is 4.74 Å². The van der Waals surface area contributed by atoms with E-state index in [0.717, 1.165) is 16.9 Å². The van der Waals surface area contributed by atoms with E-state index in [1.54, 1.807) is 19.1 Å². The van der Waals surface area contributed by atoms with E-state index in [-0.39, 0.29) is 5.91 Å². The van der Waals surface area contributed by atoms with Crippen LogP contribution in [0.25, 0.3) is 0 Å². The van der Waals surface area contributed by atoms with Crippen molar-refractivity contribution in [1.29, 1.82) is 0 Å². The average molecular weight is 207 g/mol. The van der Waals surface area contributed by atoms with Gasteiger partial charge in [-0.25, -0.2) is 0 Å². The molecule has 0 heterocycles. The molecule has 0 saturated heterocycles. The highest BCUT2D eigenvalue weighted by molar-refractivity contribution is 5.95. The van der Waals surface area contributed by atoms with Crippen LogP contribution in [0.5, 0.6) is 5.75 Å². The summed E-state index contributed by atoms with van der Waals surface area (Å²) in [7, 11) is 3.42. The van der Waals surface area contributed by atoms with Crippen LogP contribution in [-0.2, 0) is 0 Å². The first-order valence-electron chi connectivity index (χ1n) is 5.00. The molecular weight excluding hydrogens is 190 g/mol. The number of hydrogen-bond donors (Lipinski definition) is 0. The Bertz CT molecular complexity index is 361. The van der Waals surface area contributed by atoms with Crippen LogP contribution in [0.1, 0.15) is 22.8 Å². The highest BCUT2D eigenvalue weighted by Gasteiger charge is 2.12. The van der Waals surface area contributed by atoms with Crippen molar-refractivity contribution in [2.24, 2.45) is 0 Å².